The summed E-state index contributed by atoms with van der Waals surface area (Å²) < 4.78 is 52.7. The predicted molar refractivity (Wildman–Crippen MR) is 98.5 cm³/mol. The second-order valence-corrected chi connectivity index (χ2v) is 7.32. The molecule has 0 radical (unpaired) electrons. The zero-order valence-corrected chi connectivity index (χ0v) is 16.0. The lowest BCUT2D eigenvalue weighted by Gasteiger charge is -1.96. The summed E-state index contributed by atoms with van der Waals surface area (Å²) in [5.41, 5.74) is 0. The minimum absolute atomic E-state index is 0.250. The Balaban J connectivity index is 0.000000170. The standard InChI is InChI=1S/2C8H3ClF2S.CO2/c2*9-6-5(10)3-4-1-2-12-8(4)7(6)11;2-1-3/h2*1-3H;. The van der Waals surface area contributed by atoms with Crippen molar-refractivity contribution in [3.05, 3.63) is 68.3 Å². The molecule has 27 heavy (non-hydrogen) atoms. The maximum Gasteiger partial charge on any atom is 0.373 e. The van der Waals surface area contributed by atoms with Gasteiger partial charge in [0.05, 0.1) is 9.40 Å². The van der Waals surface area contributed by atoms with Gasteiger partial charge in [-0.25, -0.2) is 17.6 Å². The second-order valence-electron chi connectivity index (χ2n) is 4.73. The summed E-state index contributed by atoms with van der Waals surface area (Å²) in [5.74, 6) is -2.75. The fraction of sp³-hybridized carbons (Fsp3) is 0. The number of benzene rings is 2. The van der Waals surface area contributed by atoms with E-state index in [2.05, 4.69) is 0 Å². The predicted octanol–water partition coefficient (Wildman–Crippen LogP) is 7.08. The van der Waals surface area contributed by atoms with E-state index in [1.807, 2.05) is 0 Å². The van der Waals surface area contributed by atoms with Crippen molar-refractivity contribution in [2.75, 3.05) is 0 Å². The van der Waals surface area contributed by atoms with Crippen LogP contribution in [0.3, 0.4) is 0 Å². The number of rotatable bonds is 0. The van der Waals surface area contributed by atoms with Gasteiger partial charge < -0.3 is 0 Å². The van der Waals surface area contributed by atoms with Gasteiger partial charge in [-0.05, 0) is 45.8 Å². The van der Waals surface area contributed by atoms with E-state index in [1.165, 1.54) is 34.8 Å². The third-order valence-corrected chi connectivity index (χ3v) is 5.70. The zero-order valence-electron chi connectivity index (χ0n) is 12.9. The van der Waals surface area contributed by atoms with E-state index in [4.69, 9.17) is 32.8 Å². The third kappa shape index (κ3) is 4.66. The van der Waals surface area contributed by atoms with E-state index in [-0.39, 0.29) is 6.15 Å². The molecule has 0 N–H and O–H groups in total. The molecule has 2 aromatic heterocycles. The quantitative estimate of drug-likeness (QED) is 0.211. The number of hydrogen-bond acceptors (Lipinski definition) is 4. The van der Waals surface area contributed by atoms with E-state index < -0.39 is 33.3 Å². The van der Waals surface area contributed by atoms with Gasteiger partial charge in [-0.15, -0.1) is 22.7 Å². The summed E-state index contributed by atoms with van der Waals surface area (Å²) in [6, 6.07) is 5.78. The van der Waals surface area contributed by atoms with E-state index in [0.717, 1.165) is 0 Å². The highest BCUT2D eigenvalue weighted by molar-refractivity contribution is 7.17. The Morgan fingerprint density at radius 2 is 1.07 bits per heavy atom. The Bertz CT molecular complexity index is 1050. The summed E-state index contributed by atoms with van der Waals surface area (Å²) in [5, 5.41) is 3.65. The molecule has 4 aromatic rings. The molecule has 0 bridgehead atoms. The summed E-state index contributed by atoms with van der Waals surface area (Å²) in [7, 11) is 0. The molecule has 0 saturated heterocycles. The molecule has 2 heterocycles. The molecule has 0 saturated carbocycles. The summed E-state index contributed by atoms with van der Waals surface area (Å²) >= 11 is 13.2. The van der Waals surface area contributed by atoms with Crippen molar-refractivity contribution in [3.8, 4) is 0 Å². The Kier molecular flexibility index (Phi) is 7.35. The summed E-state index contributed by atoms with van der Waals surface area (Å²) in [6.07, 6.45) is 0.250. The molecule has 10 heteroatoms. The monoisotopic (exact) mass is 452 g/mol. The van der Waals surface area contributed by atoms with Crippen molar-refractivity contribution >= 4 is 72.2 Å². The molecule has 0 fully saturated rings. The highest BCUT2D eigenvalue weighted by Gasteiger charge is 2.12. The van der Waals surface area contributed by atoms with Crippen LogP contribution in [0.2, 0.25) is 10.0 Å². The lowest BCUT2D eigenvalue weighted by atomic mass is 10.2. The minimum atomic E-state index is -0.708. The number of carbonyl (C=O) groups excluding carboxylic acids is 2. The van der Waals surface area contributed by atoms with Crippen molar-refractivity contribution in [1.29, 1.82) is 0 Å². The molecule has 4 rings (SSSR count). The topological polar surface area (TPSA) is 34.1 Å². The van der Waals surface area contributed by atoms with Crippen molar-refractivity contribution in [2.45, 2.75) is 0 Å². The average molecular weight is 453 g/mol. The number of fused-ring (bicyclic) bond motifs is 2. The maximum absolute atomic E-state index is 13.1. The molecule has 140 valence electrons. The number of halogens is 6. The SMILES string of the molecule is Fc1cc2ccsc2c(F)c1Cl.Fc1cc2ccsc2c(F)c1Cl.O=C=O. The van der Waals surface area contributed by atoms with Gasteiger partial charge in [0.1, 0.15) is 21.7 Å². The van der Waals surface area contributed by atoms with Gasteiger partial charge in [-0.1, -0.05) is 23.2 Å². The highest BCUT2D eigenvalue weighted by Crippen LogP contribution is 2.31. The average Bonchev–Trinajstić information content (AvgIpc) is 3.28. The summed E-state index contributed by atoms with van der Waals surface area (Å²) in [4.78, 5) is 16.2. The number of hydrogen-bond donors (Lipinski definition) is 0. The molecular formula is C17H6Cl2F4O2S2. The van der Waals surface area contributed by atoms with E-state index >= 15 is 0 Å². The van der Waals surface area contributed by atoms with Gasteiger partial charge in [-0.2, -0.15) is 9.59 Å². The van der Waals surface area contributed by atoms with Crippen LogP contribution in [0.5, 0.6) is 0 Å². The maximum atomic E-state index is 13.1. The molecule has 0 unspecified atom stereocenters. The second kappa shape index (κ2) is 9.30. The minimum Gasteiger partial charge on any atom is -0.205 e. The molecule has 0 aliphatic carbocycles. The van der Waals surface area contributed by atoms with Gasteiger partial charge in [0, 0.05) is 0 Å². The van der Waals surface area contributed by atoms with Crippen LogP contribution in [0.25, 0.3) is 20.2 Å². The normalized spacial score (nSPS) is 10.0. The summed E-state index contributed by atoms with van der Waals surface area (Å²) in [6.45, 7) is 0. The van der Waals surface area contributed by atoms with Crippen molar-refractivity contribution in [2.24, 2.45) is 0 Å². The van der Waals surface area contributed by atoms with Gasteiger partial charge >= 0.3 is 6.15 Å². The van der Waals surface area contributed by atoms with Crippen molar-refractivity contribution < 1.29 is 27.2 Å². The van der Waals surface area contributed by atoms with Gasteiger partial charge in [0.2, 0.25) is 0 Å². The molecular weight excluding hydrogens is 447 g/mol. The molecule has 2 nitrogen and oxygen atoms in total. The van der Waals surface area contributed by atoms with Crippen LogP contribution in [0.4, 0.5) is 17.6 Å². The van der Waals surface area contributed by atoms with Crippen LogP contribution < -0.4 is 0 Å². The first-order chi connectivity index (χ1) is 12.8. The molecule has 0 aliphatic rings. The molecule has 0 atom stereocenters. The first-order valence-electron chi connectivity index (χ1n) is 6.82. The Morgan fingerprint density at radius 3 is 1.41 bits per heavy atom. The third-order valence-electron chi connectivity index (χ3n) is 3.16. The van der Waals surface area contributed by atoms with Crippen LogP contribution in [0, 0.1) is 23.3 Å². The van der Waals surface area contributed by atoms with E-state index in [9.17, 15) is 17.6 Å². The highest BCUT2D eigenvalue weighted by atomic mass is 35.5. The lowest BCUT2D eigenvalue weighted by Crippen LogP contribution is -1.82. The van der Waals surface area contributed by atoms with Crippen LogP contribution >= 0.6 is 45.9 Å². The first-order valence-corrected chi connectivity index (χ1v) is 9.34. The first kappa shape index (κ1) is 21.3. The smallest absolute Gasteiger partial charge is 0.205 e. The Labute approximate surface area is 167 Å². The van der Waals surface area contributed by atoms with Crippen molar-refractivity contribution in [1.82, 2.24) is 0 Å². The number of thiophene rings is 2. The van der Waals surface area contributed by atoms with Crippen LogP contribution in [0.1, 0.15) is 0 Å². The van der Waals surface area contributed by atoms with Gasteiger partial charge in [0.15, 0.2) is 11.6 Å². The largest absolute Gasteiger partial charge is 0.373 e. The van der Waals surface area contributed by atoms with Crippen molar-refractivity contribution in [3.63, 3.8) is 0 Å². The molecule has 0 spiro atoms. The fourth-order valence-electron chi connectivity index (χ4n) is 2.03. The Hall–Kier alpha value is -1.96. The Morgan fingerprint density at radius 1 is 0.741 bits per heavy atom. The van der Waals surface area contributed by atoms with Gasteiger partial charge in [0.25, 0.3) is 0 Å². The zero-order chi connectivity index (χ0) is 20.1. The van der Waals surface area contributed by atoms with E-state index in [0.29, 0.717) is 20.2 Å². The molecule has 0 amide bonds. The van der Waals surface area contributed by atoms with Gasteiger partial charge in [-0.3, -0.25) is 0 Å². The van der Waals surface area contributed by atoms with Crippen LogP contribution in [0.15, 0.2) is 35.0 Å². The molecule has 2 aromatic carbocycles. The lowest BCUT2D eigenvalue weighted by molar-refractivity contribution is -0.191. The molecule has 0 aliphatic heterocycles. The van der Waals surface area contributed by atoms with E-state index in [1.54, 1.807) is 22.9 Å². The van der Waals surface area contributed by atoms with Crippen LogP contribution in [-0.2, 0) is 9.59 Å². The van der Waals surface area contributed by atoms with Crippen LogP contribution in [-0.4, -0.2) is 6.15 Å². The fourth-order valence-corrected chi connectivity index (χ4v) is 4.08.